The Labute approximate surface area is 95.9 Å². The van der Waals surface area contributed by atoms with E-state index in [1.165, 1.54) is 4.90 Å². The van der Waals surface area contributed by atoms with Crippen molar-refractivity contribution in [2.24, 2.45) is 5.73 Å². The molecule has 0 radical (unpaired) electrons. The molecular formula is C11H21FN2O2. The van der Waals surface area contributed by atoms with Crippen LogP contribution in [-0.4, -0.2) is 41.4 Å². The molecule has 1 aliphatic heterocycles. The number of carbonyl (C=O) groups is 1. The molecule has 3 unspecified atom stereocenters. The number of nitrogens with zero attached hydrogens (tertiary/aromatic N) is 1. The van der Waals surface area contributed by atoms with Crippen molar-refractivity contribution in [2.75, 3.05) is 6.54 Å². The standard InChI is InChI=1S/C11H21FN2O2/c1-7(13)9-5-8(12)6-14(9)10(15)16-11(2,3)4/h7-9H,5-6,13H2,1-4H3. The fourth-order valence-corrected chi connectivity index (χ4v) is 1.84. The highest BCUT2D eigenvalue weighted by Gasteiger charge is 2.39. The Hall–Kier alpha value is -0.840. The minimum Gasteiger partial charge on any atom is -0.444 e. The summed E-state index contributed by atoms with van der Waals surface area (Å²) < 4.78 is 18.5. The molecule has 0 saturated carbocycles. The lowest BCUT2D eigenvalue weighted by molar-refractivity contribution is 0.0203. The monoisotopic (exact) mass is 232 g/mol. The Kier molecular flexibility index (Phi) is 3.78. The second-order valence-electron chi connectivity index (χ2n) is 5.39. The maximum atomic E-state index is 13.3. The molecule has 0 bridgehead atoms. The van der Waals surface area contributed by atoms with Crippen LogP contribution in [0.3, 0.4) is 0 Å². The third-order valence-electron chi connectivity index (χ3n) is 2.53. The van der Waals surface area contributed by atoms with Gasteiger partial charge >= 0.3 is 6.09 Å². The molecule has 94 valence electrons. The maximum Gasteiger partial charge on any atom is 0.410 e. The Morgan fingerprint density at radius 1 is 1.56 bits per heavy atom. The summed E-state index contributed by atoms with van der Waals surface area (Å²) >= 11 is 0. The zero-order chi connectivity index (χ0) is 12.5. The van der Waals surface area contributed by atoms with Crippen LogP contribution >= 0.6 is 0 Å². The molecule has 0 spiro atoms. The van der Waals surface area contributed by atoms with E-state index in [1.54, 1.807) is 27.7 Å². The molecule has 0 aliphatic carbocycles. The van der Waals surface area contributed by atoms with Gasteiger partial charge in [0, 0.05) is 12.5 Å². The van der Waals surface area contributed by atoms with E-state index in [1.807, 2.05) is 0 Å². The summed E-state index contributed by atoms with van der Waals surface area (Å²) in [5.74, 6) is 0. The Balaban J connectivity index is 2.67. The second-order valence-corrected chi connectivity index (χ2v) is 5.39. The van der Waals surface area contributed by atoms with Gasteiger partial charge in [-0.3, -0.25) is 0 Å². The lowest BCUT2D eigenvalue weighted by Crippen LogP contribution is -2.47. The molecule has 0 aromatic carbocycles. The lowest BCUT2D eigenvalue weighted by atomic mass is 10.1. The van der Waals surface area contributed by atoms with Gasteiger partial charge in [0.15, 0.2) is 0 Å². The van der Waals surface area contributed by atoms with E-state index in [2.05, 4.69) is 0 Å². The first kappa shape index (κ1) is 13.2. The van der Waals surface area contributed by atoms with Crippen molar-refractivity contribution in [3.05, 3.63) is 0 Å². The molecule has 1 amide bonds. The first-order chi connectivity index (χ1) is 7.20. The van der Waals surface area contributed by atoms with Gasteiger partial charge in [0.25, 0.3) is 0 Å². The number of ether oxygens (including phenoxy) is 1. The summed E-state index contributed by atoms with van der Waals surface area (Å²) in [6, 6.07) is -0.502. The summed E-state index contributed by atoms with van der Waals surface area (Å²) in [6.45, 7) is 7.22. The van der Waals surface area contributed by atoms with Crippen molar-refractivity contribution in [1.29, 1.82) is 0 Å². The average molecular weight is 232 g/mol. The molecule has 0 aromatic heterocycles. The van der Waals surface area contributed by atoms with E-state index in [0.29, 0.717) is 6.42 Å². The molecule has 1 saturated heterocycles. The highest BCUT2D eigenvalue weighted by atomic mass is 19.1. The molecule has 0 aromatic rings. The fraction of sp³-hybridized carbons (Fsp3) is 0.909. The van der Waals surface area contributed by atoms with Crippen LogP contribution in [0, 0.1) is 0 Å². The van der Waals surface area contributed by atoms with Gasteiger partial charge in [0.1, 0.15) is 11.8 Å². The van der Waals surface area contributed by atoms with E-state index < -0.39 is 17.9 Å². The summed E-state index contributed by atoms with van der Waals surface area (Å²) in [5.41, 5.74) is 5.17. The van der Waals surface area contributed by atoms with Gasteiger partial charge in [0.05, 0.1) is 12.6 Å². The van der Waals surface area contributed by atoms with Crippen LogP contribution in [0.2, 0.25) is 0 Å². The molecule has 4 nitrogen and oxygen atoms in total. The molecule has 5 heteroatoms. The highest BCUT2D eigenvalue weighted by molar-refractivity contribution is 5.69. The predicted octanol–water partition coefficient (Wildman–Crippen LogP) is 1.68. The van der Waals surface area contributed by atoms with Crippen molar-refractivity contribution < 1.29 is 13.9 Å². The third-order valence-corrected chi connectivity index (χ3v) is 2.53. The molecule has 16 heavy (non-hydrogen) atoms. The number of carbonyl (C=O) groups excluding carboxylic acids is 1. The number of hydrogen-bond acceptors (Lipinski definition) is 3. The van der Waals surface area contributed by atoms with E-state index in [0.717, 1.165) is 0 Å². The van der Waals surface area contributed by atoms with Crippen LogP contribution in [-0.2, 0) is 4.74 Å². The highest BCUT2D eigenvalue weighted by Crippen LogP contribution is 2.24. The second kappa shape index (κ2) is 4.57. The number of amides is 1. The van der Waals surface area contributed by atoms with Gasteiger partial charge in [-0.25, -0.2) is 9.18 Å². The SMILES string of the molecule is CC(N)C1CC(F)CN1C(=O)OC(C)(C)C. The molecule has 1 rings (SSSR count). The normalized spacial score (nSPS) is 28.0. The van der Waals surface area contributed by atoms with E-state index in [4.69, 9.17) is 10.5 Å². The number of nitrogens with two attached hydrogens (primary N) is 1. The van der Waals surface area contributed by atoms with Crippen LogP contribution < -0.4 is 5.73 Å². The van der Waals surface area contributed by atoms with E-state index in [-0.39, 0.29) is 18.6 Å². The zero-order valence-corrected chi connectivity index (χ0v) is 10.4. The Bertz CT molecular complexity index is 263. The van der Waals surface area contributed by atoms with Gasteiger partial charge in [-0.2, -0.15) is 0 Å². The molecule has 2 N–H and O–H groups in total. The molecule has 3 atom stereocenters. The van der Waals surface area contributed by atoms with Gasteiger partial charge < -0.3 is 15.4 Å². The minimum atomic E-state index is -0.997. The maximum absolute atomic E-state index is 13.3. The van der Waals surface area contributed by atoms with E-state index in [9.17, 15) is 9.18 Å². The molecule has 1 heterocycles. The molecular weight excluding hydrogens is 211 g/mol. The number of halogens is 1. The first-order valence-corrected chi connectivity index (χ1v) is 5.60. The number of hydrogen-bond donors (Lipinski definition) is 1. The molecule has 1 aliphatic rings. The summed E-state index contributed by atoms with van der Waals surface area (Å²) in [4.78, 5) is 13.2. The number of rotatable bonds is 1. The van der Waals surface area contributed by atoms with Crippen molar-refractivity contribution in [3.8, 4) is 0 Å². The van der Waals surface area contributed by atoms with Gasteiger partial charge in [-0.1, -0.05) is 0 Å². The van der Waals surface area contributed by atoms with Gasteiger partial charge in [-0.15, -0.1) is 0 Å². The Morgan fingerprint density at radius 2 is 2.12 bits per heavy atom. The molecule has 1 fully saturated rings. The largest absolute Gasteiger partial charge is 0.444 e. The van der Waals surface area contributed by atoms with E-state index >= 15 is 0 Å². The third kappa shape index (κ3) is 3.33. The minimum absolute atomic E-state index is 0.0844. The summed E-state index contributed by atoms with van der Waals surface area (Å²) in [7, 11) is 0. The topological polar surface area (TPSA) is 55.6 Å². The average Bonchev–Trinajstić information content (AvgIpc) is 2.44. The Morgan fingerprint density at radius 3 is 2.56 bits per heavy atom. The van der Waals surface area contributed by atoms with Crippen molar-refractivity contribution in [2.45, 2.75) is 58.0 Å². The van der Waals surface area contributed by atoms with Crippen LogP contribution in [0.5, 0.6) is 0 Å². The summed E-state index contributed by atoms with van der Waals surface area (Å²) in [5, 5.41) is 0. The fourth-order valence-electron chi connectivity index (χ4n) is 1.84. The number of likely N-dealkylation sites (tertiary alicyclic amines) is 1. The van der Waals surface area contributed by atoms with Crippen LogP contribution in [0.4, 0.5) is 9.18 Å². The van der Waals surface area contributed by atoms with Crippen LogP contribution in [0.25, 0.3) is 0 Å². The van der Waals surface area contributed by atoms with Crippen LogP contribution in [0.1, 0.15) is 34.1 Å². The van der Waals surface area contributed by atoms with Gasteiger partial charge in [0.2, 0.25) is 0 Å². The number of alkyl halides is 1. The zero-order valence-electron chi connectivity index (χ0n) is 10.4. The van der Waals surface area contributed by atoms with Gasteiger partial charge in [-0.05, 0) is 27.7 Å². The van der Waals surface area contributed by atoms with Crippen molar-refractivity contribution in [3.63, 3.8) is 0 Å². The quantitative estimate of drug-likeness (QED) is 0.748. The summed E-state index contributed by atoms with van der Waals surface area (Å²) in [6.07, 6.45) is -1.17. The first-order valence-electron chi connectivity index (χ1n) is 5.60. The van der Waals surface area contributed by atoms with Crippen molar-refractivity contribution >= 4 is 6.09 Å². The smallest absolute Gasteiger partial charge is 0.410 e. The predicted molar refractivity (Wildman–Crippen MR) is 59.9 cm³/mol. The lowest BCUT2D eigenvalue weighted by Gasteiger charge is -2.29. The van der Waals surface area contributed by atoms with Crippen LogP contribution in [0.15, 0.2) is 0 Å². The van der Waals surface area contributed by atoms with Crippen molar-refractivity contribution in [1.82, 2.24) is 4.90 Å².